The van der Waals surface area contributed by atoms with Gasteiger partial charge in [-0.15, -0.1) is 10.2 Å². The standard InChI is InChI=1S/C23H28N6O3S/c24-20(30)10-11-21-26-27-23(29(21)15-19-5-4-14-32-19)33-16-22(31)25-17-6-8-18(9-7-17)28-12-2-1-3-13-28/h4-9,14H,1-3,10-13,15-16H2,(H2,24,30)(H,25,31). The van der Waals surface area contributed by atoms with Crippen molar-refractivity contribution in [3.05, 3.63) is 54.2 Å². The molecule has 3 aromatic rings. The first kappa shape index (κ1) is 22.9. The van der Waals surface area contributed by atoms with Crippen molar-refractivity contribution in [3.63, 3.8) is 0 Å². The number of carbonyl (C=O) groups excluding carboxylic acids is 2. The van der Waals surface area contributed by atoms with E-state index in [1.54, 1.807) is 12.3 Å². The molecule has 33 heavy (non-hydrogen) atoms. The molecule has 1 aromatic carbocycles. The fourth-order valence-electron chi connectivity index (χ4n) is 3.80. The second-order valence-corrected chi connectivity index (χ2v) is 8.90. The van der Waals surface area contributed by atoms with Crippen LogP contribution in [0.2, 0.25) is 0 Å². The summed E-state index contributed by atoms with van der Waals surface area (Å²) in [5.74, 6) is 1.01. The first-order valence-electron chi connectivity index (χ1n) is 11.1. The third kappa shape index (κ3) is 6.38. The number of aromatic nitrogens is 3. The van der Waals surface area contributed by atoms with Crippen molar-refractivity contribution in [3.8, 4) is 0 Å². The number of nitrogens with two attached hydrogens (primary N) is 1. The molecule has 1 aliphatic heterocycles. The maximum absolute atomic E-state index is 12.5. The summed E-state index contributed by atoms with van der Waals surface area (Å²) in [7, 11) is 0. The average molecular weight is 469 g/mol. The third-order valence-corrected chi connectivity index (χ3v) is 6.45. The number of thioether (sulfide) groups is 1. The molecule has 9 nitrogen and oxygen atoms in total. The Bertz CT molecular complexity index is 1060. The Labute approximate surface area is 196 Å². The van der Waals surface area contributed by atoms with E-state index in [1.807, 2.05) is 22.8 Å². The monoisotopic (exact) mass is 468 g/mol. The molecule has 2 amide bonds. The molecule has 3 N–H and O–H groups in total. The van der Waals surface area contributed by atoms with Gasteiger partial charge in [-0.05, 0) is 55.7 Å². The van der Waals surface area contributed by atoms with Crippen molar-refractivity contribution in [2.45, 2.75) is 43.8 Å². The molecule has 3 heterocycles. The molecule has 4 rings (SSSR count). The molecule has 0 saturated carbocycles. The van der Waals surface area contributed by atoms with E-state index in [-0.39, 0.29) is 18.1 Å². The fraction of sp³-hybridized carbons (Fsp3) is 0.391. The minimum Gasteiger partial charge on any atom is -0.467 e. The summed E-state index contributed by atoms with van der Waals surface area (Å²) in [5, 5.41) is 11.9. The van der Waals surface area contributed by atoms with E-state index in [4.69, 9.17) is 10.2 Å². The van der Waals surface area contributed by atoms with E-state index in [0.29, 0.717) is 23.9 Å². The van der Waals surface area contributed by atoms with Crippen LogP contribution in [0, 0.1) is 0 Å². The Kier molecular flexibility index (Phi) is 7.66. The highest BCUT2D eigenvalue weighted by atomic mass is 32.2. The van der Waals surface area contributed by atoms with Crippen LogP contribution in [0.15, 0.2) is 52.2 Å². The molecule has 1 fully saturated rings. The van der Waals surface area contributed by atoms with Crippen LogP contribution in [0.25, 0.3) is 0 Å². The number of anilines is 2. The smallest absolute Gasteiger partial charge is 0.234 e. The number of nitrogens with one attached hydrogen (secondary N) is 1. The van der Waals surface area contributed by atoms with Crippen LogP contribution in [0.3, 0.4) is 0 Å². The van der Waals surface area contributed by atoms with Crippen LogP contribution in [0.5, 0.6) is 0 Å². The van der Waals surface area contributed by atoms with Gasteiger partial charge in [-0.25, -0.2) is 0 Å². The third-order valence-electron chi connectivity index (χ3n) is 5.49. The van der Waals surface area contributed by atoms with Crippen LogP contribution >= 0.6 is 11.8 Å². The van der Waals surface area contributed by atoms with Crippen molar-refractivity contribution in [2.24, 2.45) is 5.73 Å². The number of benzene rings is 1. The zero-order chi connectivity index (χ0) is 23.0. The Balaban J connectivity index is 1.35. The molecule has 10 heteroatoms. The Hall–Kier alpha value is -3.27. The van der Waals surface area contributed by atoms with Crippen molar-refractivity contribution in [1.82, 2.24) is 14.8 Å². The Morgan fingerprint density at radius 1 is 1.09 bits per heavy atom. The highest BCUT2D eigenvalue weighted by Crippen LogP contribution is 2.23. The molecule has 1 aliphatic rings. The number of furan rings is 1. The minimum atomic E-state index is -0.401. The number of piperidine rings is 1. The number of rotatable bonds is 10. The lowest BCUT2D eigenvalue weighted by atomic mass is 10.1. The number of hydrogen-bond donors (Lipinski definition) is 2. The van der Waals surface area contributed by atoms with Crippen molar-refractivity contribution in [1.29, 1.82) is 0 Å². The van der Waals surface area contributed by atoms with Crippen LogP contribution < -0.4 is 16.0 Å². The molecular weight excluding hydrogens is 440 g/mol. The van der Waals surface area contributed by atoms with Gasteiger partial charge in [0.25, 0.3) is 0 Å². The predicted molar refractivity (Wildman–Crippen MR) is 127 cm³/mol. The molecule has 0 atom stereocenters. The van der Waals surface area contributed by atoms with Gasteiger partial charge in [0.15, 0.2) is 5.16 Å². The number of aryl methyl sites for hydroxylation is 1. The van der Waals surface area contributed by atoms with Gasteiger partial charge in [-0.1, -0.05) is 11.8 Å². The van der Waals surface area contributed by atoms with Gasteiger partial charge in [0.2, 0.25) is 11.8 Å². The lowest BCUT2D eigenvalue weighted by Crippen LogP contribution is -2.29. The fourth-order valence-corrected chi connectivity index (χ4v) is 4.55. The molecule has 1 saturated heterocycles. The zero-order valence-corrected chi connectivity index (χ0v) is 19.2. The van der Waals surface area contributed by atoms with Gasteiger partial charge in [0, 0.05) is 37.3 Å². The van der Waals surface area contributed by atoms with Crippen LogP contribution in [0.1, 0.15) is 37.3 Å². The first-order valence-corrected chi connectivity index (χ1v) is 12.1. The molecule has 0 bridgehead atoms. The molecule has 174 valence electrons. The summed E-state index contributed by atoms with van der Waals surface area (Å²) in [6.45, 7) is 2.58. The van der Waals surface area contributed by atoms with E-state index in [2.05, 4.69) is 32.5 Å². The molecule has 0 radical (unpaired) electrons. The van der Waals surface area contributed by atoms with E-state index in [1.165, 1.54) is 36.7 Å². The van der Waals surface area contributed by atoms with Crippen LogP contribution in [-0.4, -0.2) is 45.4 Å². The number of nitrogens with zero attached hydrogens (tertiary/aromatic N) is 4. The molecule has 0 unspecified atom stereocenters. The van der Waals surface area contributed by atoms with Gasteiger partial charge in [0.1, 0.15) is 11.6 Å². The highest BCUT2D eigenvalue weighted by molar-refractivity contribution is 7.99. The van der Waals surface area contributed by atoms with Gasteiger partial charge < -0.3 is 20.4 Å². The quantitative estimate of drug-likeness (QED) is 0.439. The van der Waals surface area contributed by atoms with Gasteiger partial charge >= 0.3 is 0 Å². The molecular formula is C23H28N6O3S. The van der Waals surface area contributed by atoms with E-state index >= 15 is 0 Å². The number of carbonyl (C=O) groups is 2. The normalized spacial score (nSPS) is 13.8. The molecule has 0 aliphatic carbocycles. The Morgan fingerprint density at radius 3 is 2.58 bits per heavy atom. The van der Waals surface area contributed by atoms with Crippen LogP contribution in [-0.2, 0) is 22.6 Å². The number of hydrogen-bond acceptors (Lipinski definition) is 7. The van der Waals surface area contributed by atoms with E-state index in [9.17, 15) is 9.59 Å². The maximum Gasteiger partial charge on any atom is 0.234 e. The summed E-state index contributed by atoms with van der Waals surface area (Å²) in [6.07, 6.45) is 5.90. The molecule has 2 aromatic heterocycles. The topological polar surface area (TPSA) is 119 Å². The maximum atomic E-state index is 12.5. The first-order chi connectivity index (χ1) is 16.1. The van der Waals surface area contributed by atoms with Gasteiger partial charge in [-0.2, -0.15) is 0 Å². The summed E-state index contributed by atoms with van der Waals surface area (Å²) >= 11 is 1.29. The number of primary amides is 1. The average Bonchev–Trinajstić information content (AvgIpc) is 3.48. The lowest BCUT2D eigenvalue weighted by molar-refractivity contribution is -0.118. The van der Waals surface area contributed by atoms with Crippen LogP contribution in [0.4, 0.5) is 11.4 Å². The predicted octanol–water partition coefficient (Wildman–Crippen LogP) is 3.06. The summed E-state index contributed by atoms with van der Waals surface area (Å²) in [5.41, 5.74) is 7.24. The van der Waals surface area contributed by atoms with Gasteiger partial charge in [0.05, 0.1) is 18.6 Å². The SMILES string of the molecule is NC(=O)CCc1nnc(SCC(=O)Nc2ccc(N3CCCCC3)cc2)n1Cc1ccco1. The van der Waals surface area contributed by atoms with Crippen molar-refractivity contribution in [2.75, 3.05) is 29.1 Å². The Morgan fingerprint density at radius 2 is 1.88 bits per heavy atom. The van der Waals surface area contributed by atoms with Crippen molar-refractivity contribution >= 4 is 35.0 Å². The second kappa shape index (κ2) is 11.0. The van der Waals surface area contributed by atoms with E-state index < -0.39 is 5.91 Å². The summed E-state index contributed by atoms with van der Waals surface area (Å²) in [6, 6.07) is 11.6. The lowest BCUT2D eigenvalue weighted by Gasteiger charge is -2.28. The molecule has 0 spiro atoms. The zero-order valence-electron chi connectivity index (χ0n) is 18.4. The van der Waals surface area contributed by atoms with Crippen molar-refractivity contribution < 1.29 is 14.0 Å². The summed E-state index contributed by atoms with van der Waals surface area (Å²) in [4.78, 5) is 26.1. The minimum absolute atomic E-state index is 0.128. The van der Waals surface area contributed by atoms with E-state index in [0.717, 1.165) is 24.5 Å². The second-order valence-electron chi connectivity index (χ2n) is 7.96. The summed E-state index contributed by atoms with van der Waals surface area (Å²) < 4.78 is 7.29. The number of amides is 2. The highest BCUT2D eigenvalue weighted by Gasteiger charge is 2.17. The largest absolute Gasteiger partial charge is 0.467 e. The van der Waals surface area contributed by atoms with Gasteiger partial charge in [-0.3, -0.25) is 14.2 Å².